The highest BCUT2D eigenvalue weighted by Crippen LogP contribution is 2.22. The Morgan fingerprint density at radius 3 is 1.20 bits per heavy atom. The number of hydrogen-bond donors (Lipinski definition) is 18. The number of carboxylic acid groups (broad SMARTS) is 4. The highest BCUT2D eigenvalue weighted by Gasteiger charge is 2.43. The molecular weight excluding hydrogens is 1150 g/mol. The normalized spacial score (nSPS) is 17.7. The van der Waals surface area contributed by atoms with Crippen molar-refractivity contribution < 1.29 is 112 Å². The molecule has 13 amide bonds. The van der Waals surface area contributed by atoms with Crippen LogP contribution in [0.25, 0.3) is 0 Å². The van der Waals surface area contributed by atoms with E-state index < -0.39 is 244 Å². The van der Waals surface area contributed by atoms with Crippen molar-refractivity contribution in [2.75, 3.05) is 26.3 Å². The van der Waals surface area contributed by atoms with E-state index in [-0.39, 0.29) is 45.2 Å². The number of aliphatic hydroxyl groups is 2. The Morgan fingerprint density at radius 1 is 0.430 bits per heavy atom. The standard InChI is InChI=1S/C49H76N14O23/c1-21(2)38(49(85)86)61-46(82)31-6-4-15-62(31)47(83)25(10-14-37(73)74)56-43(79)28(19-64)60-44(80)29(20-65)59-42(78)26(17-33(52)67)57-45(81)30-5-3-16-63(30)48(84)27(18-34(53)68)58-41(77)24(9-13-36(71)72)55-40(76)23(8-11-32(51)66)54-39(75)22(50)7-12-35(69)70/h21-31,38,64-65H,3-20,50H2,1-2H3,(H2,51,66)(H2,52,67)(H2,53,68)(H,54,75)(H,55,76)(H,56,79)(H,57,81)(H,58,77)(H,59,78)(H,60,80)(H,61,82)(H,69,70)(H,71,72)(H,73,74)(H,85,86)/t22-,23-,24-,25-,26-,27-,28-,29-,30-,31-,38-/m0/s1. The number of carboxylic acids is 4. The van der Waals surface area contributed by atoms with Crippen molar-refractivity contribution in [2.45, 2.75) is 170 Å². The minimum Gasteiger partial charge on any atom is -0.481 e. The SMILES string of the molecule is CC(C)[C@H](NC(=O)[C@@H]1CCCN1C(=O)[C@H](CCC(=O)O)NC(=O)[C@H](CO)NC(=O)[C@H](CO)NC(=O)[C@H](CC(N)=O)NC(=O)[C@@H]1CCCN1C(=O)[C@H](CC(N)=O)NC(=O)[C@H](CCC(=O)O)NC(=O)[C@H](CCC(N)=O)NC(=O)[C@@H](N)CCC(=O)O)C(=O)O. The first kappa shape index (κ1) is 73.0. The van der Waals surface area contributed by atoms with Crippen molar-refractivity contribution in [2.24, 2.45) is 28.9 Å². The smallest absolute Gasteiger partial charge is 0.326 e. The van der Waals surface area contributed by atoms with E-state index in [1.54, 1.807) is 0 Å². The molecule has 0 aromatic carbocycles. The van der Waals surface area contributed by atoms with Crippen LogP contribution in [0.1, 0.15) is 104 Å². The summed E-state index contributed by atoms with van der Waals surface area (Å²) in [4.78, 5) is 220. The number of carbonyl (C=O) groups excluding carboxylic acids is 13. The number of nitrogens with zero attached hydrogens (tertiary/aromatic N) is 2. The van der Waals surface area contributed by atoms with Gasteiger partial charge in [0.05, 0.1) is 32.1 Å². The van der Waals surface area contributed by atoms with Gasteiger partial charge in [0, 0.05) is 38.8 Å². The number of rotatable bonds is 38. The number of aliphatic carboxylic acids is 4. The fourth-order valence-electron chi connectivity index (χ4n) is 8.90. The topological polar surface area (TPSA) is 618 Å². The second-order valence-corrected chi connectivity index (χ2v) is 20.5. The van der Waals surface area contributed by atoms with Crippen molar-refractivity contribution in [3.05, 3.63) is 0 Å². The van der Waals surface area contributed by atoms with E-state index in [4.69, 9.17) is 28.0 Å². The molecule has 37 nitrogen and oxygen atoms in total. The van der Waals surface area contributed by atoms with E-state index >= 15 is 0 Å². The third kappa shape index (κ3) is 23.9. The lowest BCUT2D eigenvalue weighted by Gasteiger charge is -2.31. The van der Waals surface area contributed by atoms with Crippen molar-refractivity contribution in [3.8, 4) is 0 Å². The van der Waals surface area contributed by atoms with Crippen LogP contribution >= 0.6 is 0 Å². The van der Waals surface area contributed by atoms with Gasteiger partial charge in [-0.05, 0) is 57.3 Å². The van der Waals surface area contributed by atoms with Crippen LogP contribution in [0.3, 0.4) is 0 Å². The molecule has 0 saturated carbocycles. The zero-order valence-electron chi connectivity index (χ0n) is 47.0. The van der Waals surface area contributed by atoms with Crippen LogP contribution in [0, 0.1) is 5.92 Å². The van der Waals surface area contributed by atoms with Gasteiger partial charge in [-0.3, -0.25) is 76.7 Å². The molecule has 0 aromatic heterocycles. The zero-order valence-corrected chi connectivity index (χ0v) is 47.0. The van der Waals surface area contributed by atoms with E-state index in [1.165, 1.54) is 13.8 Å². The summed E-state index contributed by atoms with van der Waals surface area (Å²) in [5.41, 5.74) is 21.7. The van der Waals surface area contributed by atoms with Gasteiger partial charge in [-0.2, -0.15) is 0 Å². The predicted octanol–water partition coefficient (Wildman–Crippen LogP) is -9.49. The highest BCUT2D eigenvalue weighted by atomic mass is 16.4. The van der Waals surface area contributed by atoms with E-state index in [1.807, 2.05) is 10.6 Å². The maximum absolute atomic E-state index is 14.2. The third-order valence-corrected chi connectivity index (χ3v) is 13.5. The lowest BCUT2D eigenvalue weighted by molar-refractivity contribution is -0.146. The van der Waals surface area contributed by atoms with Gasteiger partial charge in [0.25, 0.3) is 0 Å². The van der Waals surface area contributed by atoms with Crippen molar-refractivity contribution in [1.29, 1.82) is 0 Å². The van der Waals surface area contributed by atoms with Gasteiger partial charge in [-0.1, -0.05) is 13.8 Å². The summed E-state index contributed by atoms with van der Waals surface area (Å²) in [7, 11) is 0. The molecule has 2 aliphatic rings. The summed E-state index contributed by atoms with van der Waals surface area (Å²) >= 11 is 0. The molecule has 86 heavy (non-hydrogen) atoms. The number of aliphatic hydroxyl groups excluding tert-OH is 2. The molecule has 2 rings (SSSR count). The Balaban J connectivity index is 2.32. The molecule has 2 aliphatic heterocycles. The molecule has 0 bridgehead atoms. The van der Waals surface area contributed by atoms with Crippen LogP contribution in [0.5, 0.6) is 0 Å². The van der Waals surface area contributed by atoms with E-state index in [0.717, 1.165) is 9.80 Å². The first-order chi connectivity index (χ1) is 40.2. The lowest BCUT2D eigenvalue weighted by atomic mass is 10.0. The van der Waals surface area contributed by atoms with Crippen LogP contribution in [-0.2, 0) is 81.5 Å². The van der Waals surface area contributed by atoms with Gasteiger partial charge < -0.3 is 106 Å². The Hall–Kier alpha value is -9.13. The molecule has 0 aromatic rings. The molecule has 480 valence electrons. The molecule has 2 heterocycles. The maximum Gasteiger partial charge on any atom is 0.326 e. The summed E-state index contributed by atoms with van der Waals surface area (Å²) in [6.45, 7) is 0.241. The number of nitrogens with two attached hydrogens (primary N) is 4. The summed E-state index contributed by atoms with van der Waals surface area (Å²) < 4.78 is 0. The van der Waals surface area contributed by atoms with Crippen LogP contribution < -0.4 is 65.5 Å². The van der Waals surface area contributed by atoms with Gasteiger partial charge in [0.2, 0.25) is 76.8 Å². The number of amides is 13. The predicted molar refractivity (Wildman–Crippen MR) is 286 cm³/mol. The van der Waals surface area contributed by atoms with E-state index in [2.05, 4.69) is 31.9 Å². The first-order valence-electron chi connectivity index (χ1n) is 27.0. The Labute approximate surface area is 489 Å². The minimum absolute atomic E-state index is 0.0492. The lowest BCUT2D eigenvalue weighted by Crippen LogP contribution is -2.61. The van der Waals surface area contributed by atoms with Gasteiger partial charge >= 0.3 is 23.9 Å². The molecule has 0 aliphatic carbocycles. The molecule has 37 heteroatoms. The van der Waals surface area contributed by atoms with Gasteiger partial charge in [-0.15, -0.1) is 0 Å². The highest BCUT2D eigenvalue weighted by molar-refractivity contribution is 6.01. The summed E-state index contributed by atoms with van der Waals surface area (Å²) in [6, 6.07) is -18.9. The Kier molecular flexibility index (Phi) is 29.9. The van der Waals surface area contributed by atoms with Crippen molar-refractivity contribution >= 4 is 101 Å². The third-order valence-electron chi connectivity index (χ3n) is 13.5. The Morgan fingerprint density at radius 2 is 0.779 bits per heavy atom. The van der Waals surface area contributed by atoms with Crippen LogP contribution in [0.4, 0.5) is 0 Å². The Bertz CT molecular complexity index is 2570. The number of hydrogen-bond acceptors (Lipinski definition) is 20. The zero-order chi connectivity index (χ0) is 65.3. The van der Waals surface area contributed by atoms with Crippen LogP contribution in [0.15, 0.2) is 0 Å². The van der Waals surface area contributed by atoms with Gasteiger partial charge in [0.1, 0.15) is 60.4 Å². The molecule has 2 saturated heterocycles. The summed E-state index contributed by atoms with van der Waals surface area (Å²) in [5, 5.41) is 75.2. The second-order valence-electron chi connectivity index (χ2n) is 20.5. The van der Waals surface area contributed by atoms with Crippen LogP contribution in [0.2, 0.25) is 0 Å². The maximum atomic E-state index is 14.2. The average Bonchev–Trinajstić information content (AvgIpc) is 2.35. The molecule has 2 fully saturated rings. The molecule has 11 atom stereocenters. The van der Waals surface area contributed by atoms with Gasteiger partial charge in [0.15, 0.2) is 0 Å². The number of carbonyl (C=O) groups is 17. The van der Waals surface area contributed by atoms with E-state index in [0.29, 0.717) is 0 Å². The minimum atomic E-state index is -2.05. The summed E-state index contributed by atoms with van der Waals surface area (Å²) in [5.74, 6) is -21.3. The number of likely N-dealkylation sites (tertiary alicyclic amines) is 2. The van der Waals surface area contributed by atoms with Crippen molar-refractivity contribution in [1.82, 2.24) is 52.3 Å². The first-order valence-corrected chi connectivity index (χ1v) is 27.0. The fourth-order valence-corrected chi connectivity index (χ4v) is 8.90. The second kappa shape index (κ2) is 35.2. The molecule has 0 unspecified atom stereocenters. The monoisotopic (exact) mass is 1230 g/mol. The van der Waals surface area contributed by atoms with Crippen LogP contribution in [-0.4, -0.2) is 234 Å². The van der Waals surface area contributed by atoms with Gasteiger partial charge in [-0.25, -0.2) is 4.79 Å². The van der Waals surface area contributed by atoms with E-state index in [9.17, 15) is 107 Å². The fraction of sp³-hybridized carbons (Fsp3) is 0.653. The average molecular weight is 1230 g/mol. The van der Waals surface area contributed by atoms with Crippen molar-refractivity contribution in [3.63, 3.8) is 0 Å². The molecule has 22 N–H and O–H groups in total. The largest absolute Gasteiger partial charge is 0.481 e. The number of primary amides is 3. The quantitative estimate of drug-likeness (QED) is 0.0273. The molecule has 0 radical (unpaired) electrons. The molecular formula is C49H76N14O23. The molecule has 0 spiro atoms. The summed E-state index contributed by atoms with van der Waals surface area (Å²) in [6.07, 6.45) is -6.57. The number of nitrogens with one attached hydrogen (secondary N) is 8.